The van der Waals surface area contributed by atoms with E-state index >= 15 is 0 Å². The molecule has 1 heterocycles. The van der Waals surface area contributed by atoms with Crippen molar-refractivity contribution in [1.29, 1.82) is 0 Å². The third-order valence-corrected chi connectivity index (χ3v) is 6.38. The van der Waals surface area contributed by atoms with Crippen molar-refractivity contribution in [2.45, 2.75) is 31.1 Å². The van der Waals surface area contributed by atoms with Gasteiger partial charge in [-0.05, 0) is 43.5 Å². The smallest absolute Gasteiger partial charge is 0.246 e. The number of nitrogens with zero attached hydrogens (tertiary/aromatic N) is 2. The lowest BCUT2D eigenvalue weighted by Crippen LogP contribution is -2.36. The number of rotatable bonds is 6. The molecule has 26 heavy (non-hydrogen) atoms. The van der Waals surface area contributed by atoms with Gasteiger partial charge in [0.1, 0.15) is 0 Å². The summed E-state index contributed by atoms with van der Waals surface area (Å²) in [5, 5.41) is 2.64. The molecule has 1 aromatic rings. The van der Waals surface area contributed by atoms with E-state index in [-0.39, 0.29) is 17.3 Å². The summed E-state index contributed by atoms with van der Waals surface area (Å²) >= 11 is 0. The molecule has 0 spiro atoms. The zero-order chi connectivity index (χ0) is 19.3. The highest BCUT2D eigenvalue weighted by Crippen LogP contribution is 2.26. The Balaban J connectivity index is 2.17. The van der Waals surface area contributed by atoms with Gasteiger partial charge < -0.3 is 10.2 Å². The molecule has 1 aromatic carbocycles. The number of carbonyl (C=O) groups is 2. The van der Waals surface area contributed by atoms with Crippen LogP contribution in [0.4, 0.5) is 5.69 Å². The molecule has 1 aliphatic heterocycles. The van der Waals surface area contributed by atoms with Crippen LogP contribution in [0.1, 0.15) is 24.8 Å². The van der Waals surface area contributed by atoms with Crippen molar-refractivity contribution in [1.82, 2.24) is 9.21 Å². The van der Waals surface area contributed by atoms with E-state index in [4.69, 9.17) is 0 Å². The van der Waals surface area contributed by atoms with E-state index in [0.717, 1.165) is 25.3 Å². The highest BCUT2D eigenvalue weighted by Gasteiger charge is 2.27. The number of hydrogen-bond acceptors (Lipinski definition) is 4. The summed E-state index contributed by atoms with van der Waals surface area (Å²) in [6, 6.07) is 4.80. The van der Waals surface area contributed by atoms with Crippen LogP contribution in [0.5, 0.6) is 0 Å². The van der Waals surface area contributed by atoms with Gasteiger partial charge in [0.25, 0.3) is 0 Å². The number of nitrogens with one attached hydrogen (secondary N) is 1. The maximum Gasteiger partial charge on any atom is 0.246 e. The van der Waals surface area contributed by atoms with Crippen LogP contribution in [-0.4, -0.2) is 56.1 Å². The number of sulfonamides is 1. The average Bonchev–Trinajstić information content (AvgIpc) is 2.63. The molecule has 2 rings (SSSR count). The Labute approximate surface area is 154 Å². The van der Waals surface area contributed by atoms with Gasteiger partial charge >= 0.3 is 0 Å². The summed E-state index contributed by atoms with van der Waals surface area (Å²) < 4.78 is 27.3. The summed E-state index contributed by atoms with van der Waals surface area (Å²) in [6.07, 6.45) is 3.89. The Morgan fingerprint density at radius 3 is 2.54 bits per heavy atom. The zero-order valence-corrected chi connectivity index (χ0v) is 16.0. The van der Waals surface area contributed by atoms with Crippen LogP contribution in [0.3, 0.4) is 0 Å². The Morgan fingerprint density at radius 2 is 1.92 bits per heavy atom. The first-order chi connectivity index (χ1) is 12.3. The largest absolute Gasteiger partial charge is 0.333 e. The second-order valence-electron chi connectivity index (χ2n) is 6.39. The summed E-state index contributed by atoms with van der Waals surface area (Å²) in [5.74, 6) is -0.773. The van der Waals surface area contributed by atoms with E-state index in [0.29, 0.717) is 24.3 Å². The minimum Gasteiger partial charge on any atom is -0.333 e. The number of anilines is 1. The molecule has 0 aliphatic carbocycles. The fraction of sp³-hybridized carbons (Fsp3) is 0.444. The lowest BCUT2D eigenvalue weighted by molar-refractivity contribution is -0.129. The summed E-state index contributed by atoms with van der Waals surface area (Å²) in [6.45, 7) is 6.00. The molecule has 1 saturated heterocycles. The van der Waals surface area contributed by atoms with Gasteiger partial charge in [0, 0.05) is 25.8 Å². The van der Waals surface area contributed by atoms with E-state index in [1.807, 2.05) is 0 Å². The standard InChI is InChI=1S/C18H25N3O4S/c1-4-18(23)20(3)13-17(22)19-15-9-8-14(2)16(12-15)26(24,25)21-10-6-5-7-11-21/h4,8-9,12H,1,5-7,10-11,13H2,2-3H3,(H,19,22). The van der Waals surface area contributed by atoms with E-state index in [1.54, 1.807) is 19.1 Å². The second-order valence-corrected chi connectivity index (χ2v) is 8.30. The molecular formula is C18H25N3O4S. The highest BCUT2D eigenvalue weighted by atomic mass is 32.2. The number of aryl methyl sites for hydroxylation is 1. The predicted octanol–water partition coefficient (Wildman–Crippen LogP) is 1.75. The number of piperidine rings is 1. The molecule has 1 aliphatic rings. The molecule has 0 atom stereocenters. The predicted molar refractivity (Wildman–Crippen MR) is 100 cm³/mol. The van der Waals surface area contributed by atoms with Crippen molar-refractivity contribution in [2.24, 2.45) is 0 Å². The van der Waals surface area contributed by atoms with Crippen LogP contribution < -0.4 is 5.32 Å². The number of amides is 2. The molecule has 1 N–H and O–H groups in total. The second kappa shape index (κ2) is 8.46. The fourth-order valence-corrected chi connectivity index (χ4v) is 4.62. The first-order valence-corrected chi connectivity index (χ1v) is 9.98. The molecule has 2 amide bonds. The van der Waals surface area contributed by atoms with Gasteiger partial charge in [0.05, 0.1) is 11.4 Å². The molecule has 0 unspecified atom stereocenters. The van der Waals surface area contributed by atoms with E-state index in [2.05, 4.69) is 11.9 Å². The Kier molecular flexibility index (Phi) is 6.55. The van der Waals surface area contributed by atoms with Crippen molar-refractivity contribution in [3.63, 3.8) is 0 Å². The van der Waals surface area contributed by atoms with Crippen LogP contribution >= 0.6 is 0 Å². The van der Waals surface area contributed by atoms with Crippen LogP contribution in [0.25, 0.3) is 0 Å². The Hall–Kier alpha value is -2.19. The molecule has 0 radical (unpaired) electrons. The number of benzene rings is 1. The lowest BCUT2D eigenvalue weighted by Gasteiger charge is -2.26. The van der Waals surface area contributed by atoms with E-state index < -0.39 is 15.9 Å². The van der Waals surface area contributed by atoms with Crippen LogP contribution in [-0.2, 0) is 19.6 Å². The summed E-state index contributed by atoms with van der Waals surface area (Å²) in [5.41, 5.74) is 1.02. The monoisotopic (exact) mass is 379 g/mol. The van der Waals surface area contributed by atoms with Crippen molar-refractivity contribution < 1.29 is 18.0 Å². The molecule has 0 bridgehead atoms. The maximum absolute atomic E-state index is 12.9. The van der Waals surface area contributed by atoms with Gasteiger partial charge in [-0.1, -0.05) is 19.1 Å². The SMILES string of the molecule is C=CC(=O)N(C)CC(=O)Nc1ccc(C)c(S(=O)(=O)N2CCCCC2)c1. The van der Waals surface area contributed by atoms with Crippen molar-refractivity contribution in [2.75, 3.05) is 32.0 Å². The van der Waals surface area contributed by atoms with Crippen molar-refractivity contribution in [3.05, 3.63) is 36.4 Å². The van der Waals surface area contributed by atoms with Crippen LogP contribution in [0.15, 0.2) is 35.7 Å². The van der Waals surface area contributed by atoms with E-state index in [1.165, 1.54) is 22.3 Å². The third-order valence-electron chi connectivity index (χ3n) is 4.34. The van der Waals surface area contributed by atoms with Gasteiger partial charge in [-0.3, -0.25) is 9.59 Å². The molecule has 8 heteroatoms. The first kappa shape index (κ1) is 20.1. The van der Waals surface area contributed by atoms with Crippen LogP contribution in [0.2, 0.25) is 0 Å². The van der Waals surface area contributed by atoms with Gasteiger partial charge in [-0.2, -0.15) is 4.31 Å². The van der Waals surface area contributed by atoms with Gasteiger partial charge in [0.2, 0.25) is 21.8 Å². The topological polar surface area (TPSA) is 86.8 Å². The average molecular weight is 379 g/mol. The molecule has 142 valence electrons. The first-order valence-electron chi connectivity index (χ1n) is 8.54. The maximum atomic E-state index is 12.9. The minimum atomic E-state index is -3.59. The third kappa shape index (κ3) is 4.70. The molecule has 0 saturated carbocycles. The van der Waals surface area contributed by atoms with Crippen molar-refractivity contribution >= 4 is 27.5 Å². The quantitative estimate of drug-likeness (QED) is 0.763. The minimum absolute atomic E-state index is 0.146. The molecule has 0 aromatic heterocycles. The van der Waals surface area contributed by atoms with E-state index in [9.17, 15) is 18.0 Å². The number of carbonyl (C=O) groups excluding carboxylic acids is 2. The summed E-state index contributed by atoms with van der Waals surface area (Å²) in [4.78, 5) is 25.0. The fourth-order valence-electron chi connectivity index (χ4n) is 2.85. The lowest BCUT2D eigenvalue weighted by atomic mass is 10.2. The molecule has 7 nitrogen and oxygen atoms in total. The number of hydrogen-bond donors (Lipinski definition) is 1. The summed E-state index contributed by atoms with van der Waals surface area (Å²) in [7, 11) is -2.10. The van der Waals surface area contributed by atoms with Gasteiger partial charge in [-0.25, -0.2) is 8.42 Å². The van der Waals surface area contributed by atoms with Gasteiger partial charge in [-0.15, -0.1) is 0 Å². The Morgan fingerprint density at radius 1 is 1.27 bits per heavy atom. The zero-order valence-electron chi connectivity index (χ0n) is 15.2. The normalized spacial score (nSPS) is 15.3. The van der Waals surface area contributed by atoms with Gasteiger partial charge in [0.15, 0.2) is 0 Å². The van der Waals surface area contributed by atoms with Crippen LogP contribution in [0, 0.1) is 6.92 Å². The Bertz CT molecular complexity index is 799. The number of likely N-dealkylation sites (N-methyl/N-ethyl adjacent to an activating group) is 1. The highest BCUT2D eigenvalue weighted by molar-refractivity contribution is 7.89. The molecule has 1 fully saturated rings. The molecular weight excluding hydrogens is 354 g/mol. The van der Waals surface area contributed by atoms with Crippen molar-refractivity contribution in [3.8, 4) is 0 Å².